The number of fused-ring (bicyclic) bond motifs is 5. The van der Waals surface area contributed by atoms with Gasteiger partial charge in [-0.3, -0.25) is 38.4 Å². The molecule has 766 valence electrons. The van der Waals surface area contributed by atoms with E-state index < -0.39 is 103 Å². The highest BCUT2D eigenvalue weighted by Crippen LogP contribution is 2.41. The summed E-state index contributed by atoms with van der Waals surface area (Å²) in [6.45, 7) is 9.64. The van der Waals surface area contributed by atoms with Crippen molar-refractivity contribution in [2.45, 2.75) is 91.0 Å². The zero-order valence-electron chi connectivity index (χ0n) is 79.5. The normalized spacial score (nSPS) is 11.9. The average molecular weight is 2190 g/mol. The number of nitrogens with one attached hydrogen (secondary N) is 5. The minimum absolute atomic E-state index is 0. The summed E-state index contributed by atoms with van der Waals surface area (Å²) < 4.78 is 56.9. The molecule has 0 aliphatic rings. The Labute approximate surface area is 885 Å². The Morgan fingerprint density at radius 1 is 0.324 bits per heavy atom. The molecule has 0 aliphatic heterocycles. The van der Waals surface area contributed by atoms with Crippen molar-refractivity contribution in [1.29, 1.82) is 0 Å². The topological polar surface area (TPSA) is 427 Å². The molecule has 2 unspecified atom stereocenters. The number of carbonyl (C=O) groups is 10. The molecule has 5 amide bonds. The molecule has 0 saturated carbocycles. The van der Waals surface area contributed by atoms with Crippen molar-refractivity contribution in [3.63, 3.8) is 0 Å². The maximum Gasteiger partial charge on any atom is 0.335 e. The smallest absolute Gasteiger partial charge is 0.335 e. The van der Waals surface area contributed by atoms with E-state index in [-0.39, 0.29) is 138 Å². The molecule has 13 N–H and O–H groups in total. The lowest BCUT2D eigenvalue weighted by Gasteiger charge is -2.18. The number of aromatic carboxylic acids is 2. The van der Waals surface area contributed by atoms with Gasteiger partial charge in [0.25, 0.3) is 29.5 Å². The highest BCUT2D eigenvalue weighted by Gasteiger charge is 2.30. The second kappa shape index (κ2) is 50.8. The number of carboxylic acid groups (broad SMARTS) is 5. The number of carbonyl (C=O) groups excluding carboxylic acids is 5. The molecule has 15 rings (SSSR count). The van der Waals surface area contributed by atoms with E-state index in [1.165, 1.54) is 61.7 Å². The van der Waals surface area contributed by atoms with Crippen LogP contribution in [0.25, 0.3) is 54.5 Å². The molecule has 0 radical (unpaired) electrons. The first-order chi connectivity index (χ1) is 67.1. The van der Waals surface area contributed by atoms with E-state index in [9.17, 15) is 76.4 Å². The van der Waals surface area contributed by atoms with Crippen LogP contribution in [0.1, 0.15) is 184 Å². The van der Waals surface area contributed by atoms with Crippen LogP contribution in [0.2, 0.25) is 35.2 Å². The van der Waals surface area contributed by atoms with E-state index in [2.05, 4.69) is 26.6 Å². The fourth-order valence-electron chi connectivity index (χ4n) is 16.0. The third-order valence-electron chi connectivity index (χ3n) is 23.9. The number of aliphatic carboxylic acids is 3. The molecule has 0 aliphatic carbocycles. The largest absolute Gasteiger partial charge is 0.495 e. The summed E-state index contributed by atoms with van der Waals surface area (Å²) in [6.07, 6.45) is -0.670. The maximum atomic E-state index is 14.5. The van der Waals surface area contributed by atoms with Crippen molar-refractivity contribution >= 4 is 236 Å². The van der Waals surface area contributed by atoms with Crippen molar-refractivity contribution in [2.24, 2.45) is 35.2 Å². The van der Waals surface area contributed by atoms with Crippen LogP contribution in [-0.4, -0.2) is 150 Å². The van der Waals surface area contributed by atoms with Crippen molar-refractivity contribution in [2.75, 3.05) is 26.9 Å². The number of hydrogen-bond donors (Lipinski definition) is 13. The fourth-order valence-corrected chi connectivity index (χ4v) is 17.6. The van der Waals surface area contributed by atoms with E-state index in [1.54, 1.807) is 139 Å². The minimum atomic E-state index is -1.21. The van der Waals surface area contributed by atoms with E-state index >= 15 is 0 Å². The third kappa shape index (κ3) is 26.9. The van der Waals surface area contributed by atoms with Gasteiger partial charge in [0.2, 0.25) is 0 Å². The standard InChI is InChI=1S/C21H19Cl2FN2O5.C21H20ClFN2O3.C21H21ClN2O4.C20H18Cl2N2O4.C20H18ClFN2O3.3H2S/c1-26-15-8-17(31-2)20(23)19(22)12(15)7-16(26)21(30)25-14(9-27)11-4-3-10(5-13(11)24)6-18(28)29;1-11-4-7-17-15(20(11)22)10-18(25(17)3)21(28)24-12(2)14-6-5-13(8-16(14)23)9-19(26)27;1-12-3-8-17-15(20(12)22)10-18(24(17)2)21(28)23-16(11-25)14-6-4-13(5-7-14)9-19(26)27;1-10-3-6-16-13(18(10)22)8-17(24(16)2)19(26)23-15(9-25)12-5-4-11(20(27)28)7-14(12)21;1-10-4-7-16-14(18(10)21)9-17(24(16)3)19(25)23-11(2)13-6-5-12(20(26)27)8-15(13)22;;;/h3-5,7-8,14,27H,6,9H2,1-2H3,(H,25,30)(H,28,29);4-8,10,12H,9H2,1-3H3,(H,24,28)(H,26,27);3-8,10,16,25H,9,11H2,1-2H3,(H,23,28)(H,26,27);3-8,15,25H,9H2,1-2H3,(H,23,26)(H,27,28);4-9,11H,1-3H3,(H,23,25)(H,26,27);3*1H2/t14-;;16-;15-;;;;/m1.11..../s1. The lowest BCUT2D eigenvalue weighted by molar-refractivity contribution is -0.137. The molecular weight excluding hydrogens is 2080 g/mol. The number of carboxylic acids is 5. The van der Waals surface area contributed by atoms with E-state index in [1.807, 2.05) is 76.2 Å². The van der Waals surface area contributed by atoms with Crippen molar-refractivity contribution in [3.8, 4) is 5.75 Å². The fraction of sp³-hybridized carbons (Fsp3) is 0.223. The molecule has 5 aromatic heterocycles. The lowest BCUT2D eigenvalue weighted by Crippen LogP contribution is -2.32. The van der Waals surface area contributed by atoms with Gasteiger partial charge < -0.3 is 95.0 Å². The van der Waals surface area contributed by atoms with Crippen molar-refractivity contribution in [3.05, 3.63) is 341 Å². The molecular formula is C103H102Cl7F3N10O19S3. The Kier molecular flexibility index (Phi) is 41.1. The first-order valence-electron chi connectivity index (χ1n) is 43.4. The molecule has 0 fully saturated rings. The molecule has 15 aromatic rings. The van der Waals surface area contributed by atoms with E-state index in [0.717, 1.165) is 78.0 Å². The predicted molar refractivity (Wildman–Crippen MR) is 570 cm³/mol. The Hall–Kier alpha value is -12.9. The summed E-state index contributed by atoms with van der Waals surface area (Å²) in [5, 5.41) is 94.0. The maximum absolute atomic E-state index is 14.5. The summed E-state index contributed by atoms with van der Waals surface area (Å²) in [7, 11) is 10.2. The van der Waals surface area contributed by atoms with Crippen LogP contribution in [0.4, 0.5) is 13.2 Å². The number of aliphatic hydroxyl groups excluding tert-OH is 3. The van der Waals surface area contributed by atoms with Gasteiger partial charge in [0.1, 0.15) is 56.7 Å². The molecule has 5 heterocycles. The second-order valence-electron chi connectivity index (χ2n) is 33.4. The molecule has 0 spiro atoms. The van der Waals surface area contributed by atoms with Gasteiger partial charge in [-0.15, -0.1) is 0 Å². The van der Waals surface area contributed by atoms with Gasteiger partial charge in [0.05, 0.1) is 118 Å². The highest BCUT2D eigenvalue weighted by molar-refractivity contribution is 7.59. The van der Waals surface area contributed by atoms with Crippen LogP contribution < -0.4 is 31.3 Å². The van der Waals surface area contributed by atoms with Gasteiger partial charge >= 0.3 is 29.8 Å². The predicted octanol–water partition coefficient (Wildman–Crippen LogP) is 20.1. The SMILES string of the molecule is COc1cc2c(cc(C(=O)N[C@H](CO)c3ccc(CC(=O)O)cc3F)n2C)c(Cl)c1Cl.Cc1ccc2c(cc(C(=O)NC(C)c3ccc(C(=O)O)cc3F)n2C)c1Cl.Cc1ccc2c(cc(C(=O)NC(C)c3ccc(CC(=O)O)cc3F)n2C)c1Cl.Cc1ccc2c(cc(C(=O)N[C@H](CO)c3ccc(C(=O)O)cc3Cl)n2C)c1Cl.Cc1ccc2c(cc(C(=O)N[C@H](CO)c3ccc(CC(=O)O)cc3)n2C)c1Cl.S.S.S. The zero-order valence-corrected chi connectivity index (χ0v) is 87.8. The van der Waals surface area contributed by atoms with Crippen LogP contribution >= 0.6 is 122 Å². The highest BCUT2D eigenvalue weighted by atomic mass is 35.5. The molecule has 145 heavy (non-hydrogen) atoms. The Bertz CT molecular complexity index is 7520. The molecule has 5 atom stereocenters. The number of halogens is 10. The van der Waals surface area contributed by atoms with Gasteiger partial charge in [-0.25, -0.2) is 22.8 Å². The summed E-state index contributed by atoms with van der Waals surface area (Å²) in [5.74, 6) is -9.01. The minimum Gasteiger partial charge on any atom is -0.495 e. The van der Waals surface area contributed by atoms with Crippen LogP contribution in [0, 0.1) is 45.1 Å². The van der Waals surface area contributed by atoms with Gasteiger partial charge in [0.15, 0.2) is 0 Å². The number of nitrogens with zero attached hydrogens (tertiary/aromatic N) is 5. The molecule has 10 aromatic carbocycles. The van der Waals surface area contributed by atoms with Crippen LogP contribution in [-0.2, 0) is 68.9 Å². The van der Waals surface area contributed by atoms with Crippen LogP contribution in [0.3, 0.4) is 0 Å². The average Bonchev–Trinajstić information content (AvgIpc) is 1.65. The van der Waals surface area contributed by atoms with E-state index in [4.69, 9.17) is 111 Å². The number of aliphatic hydroxyl groups is 3. The van der Waals surface area contributed by atoms with Crippen molar-refractivity contribution < 1.29 is 107 Å². The zero-order chi connectivity index (χ0) is 104. The summed E-state index contributed by atoms with van der Waals surface area (Å²) in [5.41, 5.74) is 12.2. The summed E-state index contributed by atoms with van der Waals surface area (Å²) in [6, 6.07) is 44.1. The number of benzene rings is 10. The van der Waals surface area contributed by atoms with Gasteiger partial charge in [-0.1, -0.05) is 166 Å². The summed E-state index contributed by atoms with van der Waals surface area (Å²) >= 11 is 44.1. The van der Waals surface area contributed by atoms with Crippen molar-refractivity contribution in [1.82, 2.24) is 49.4 Å². The number of amides is 5. The number of rotatable bonds is 27. The number of ether oxygens (including phenoxy) is 1. The first-order valence-corrected chi connectivity index (χ1v) is 46.0. The summed E-state index contributed by atoms with van der Waals surface area (Å²) in [4.78, 5) is 118. The van der Waals surface area contributed by atoms with Gasteiger partial charge in [-0.05, 0) is 183 Å². The molecule has 29 nitrogen and oxygen atoms in total. The molecule has 0 bridgehead atoms. The van der Waals surface area contributed by atoms with Crippen LogP contribution in [0.15, 0.2) is 182 Å². The number of aryl methyl sites for hydroxylation is 9. The number of hydrogen-bond acceptors (Lipinski definition) is 14. The Morgan fingerprint density at radius 3 is 0.924 bits per heavy atom. The first kappa shape index (κ1) is 117. The second-order valence-corrected chi connectivity index (χ2v) is 36.0. The quantitative estimate of drug-likeness (QED) is 0.0227. The monoisotopic (exact) mass is 2180 g/mol. The van der Waals surface area contributed by atoms with E-state index in [0.29, 0.717) is 81.8 Å². The van der Waals surface area contributed by atoms with Crippen LogP contribution in [0.5, 0.6) is 5.75 Å². The Balaban J connectivity index is 0.000000220. The number of methoxy groups -OCH3 is 1. The van der Waals surface area contributed by atoms with Gasteiger partial charge in [-0.2, -0.15) is 40.5 Å². The third-order valence-corrected chi connectivity index (χ3v) is 27.1. The molecule has 42 heteroatoms. The molecule has 0 saturated heterocycles. The lowest BCUT2D eigenvalue weighted by atomic mass is 10.0. The van der Waals surface area contributed by atoms with Gasteiger partial charge in [0, 0.05) is 112 Å². The Morgan fingerprint density at radius 2 is 0.607 bits per heavy atom. The number of aromatic nitrogens is 5.